The first kappa shape index (κ1) is 18.6. The molecule has 5 heteroatoms. The number of nitrogens with zero attached hydrogens (tertiary/aromatic N) is 1. The lowest BCUT2D eigenvalue weighted by atomic mass is 9.90. The number of rotatable bonds is 4. The molecule has 0 saturated heterocycles. The van der Waals surface area contributed by atoms with Crippen molar-refractivity contribution in [2.75, 3.05) is 5.32 Å². The maximum absolute atomic E-state index is 12.5. The second kappa shape index (κ2) is 7.60. The Morgan fingerprint density at radius 2 is 1.73 bits per heavy atom. The highest BCUT2D eigenvalue weighted by atomic mass is 35.5. The molecule has 0 aliphatic carbocycles. The Balaban J connectivity index is 1.89. The molecule has 26 heavy (non-hydrogen) atoms. The van der Waals surface area contributed by atoms with Gasteiger partial charge >= 0.3 is 0 Å². The van der Waals surface area contributed by atoms with Crippen molar-refractivity contribution in [1.29, 1.82) is 0 Å². The first-order valence-electron chi connectivity index (χ1n) is 8.44. The lowest BCUT2D eigenvalue weighted by molar-refractivity contribution is 0.102. The van der Waals surface area contributed by atoms with Crippen molar-refractivity contribution in [3.05, 3.63) is 81.3 Å². The second-order valence-corrected chi connectivity index (χ2v) is 8.63. The summed E-state index contributed by atoms with van der Waals surface area (Å²) >= 11 is 7.65. The van der Waals surface area contributed by atoms with E-state index in [1.54, 1.807) is 24.3 Å². The standard InChI is InChI=1S/C21H21ClN2OS/c1-21(2,3)18-17(13-14-9-5-4-6-10-14)26-20(23-18)24-19(25)15-11-7-8-12-16(15)22/h4-12H,13H2,1-3H3,(H,23,24,25). The third-order valence-electron chi connectivity index (χ3n) is 3.95. The summed E-state index contributed by atoms with van der Waals surface area (Å²) in [6.45, 7) is 6.41. The number of nitrogens with one attached hydrogen (secondary N) is 1. The first-order chi connectivity index (χ1) is 12.3. The largest absolute Gasteiger partial charge is 0.298 e. The topological polar surface area (TPSA) is 42.0 Å². The summed E-state index contributed by atoms with van der Waals surface area (Å²) < 4.78 is 0. The van der Waals surface area contributed by atoms with E-state index in [1.165, 1.54) is 16.9 Å². The third kappa shape index (κ3) is 4.32. The lowest BCUT2D eigenvalue weighted by Crippen LogP contribution is -2.15. The fourth-order valence-electron chi connectivity index (χ4n) is 2.70. The molecule has 0 fully saturated rings. The van der Waals surface area contributed by atoms with Crippen molar-refractivity contribution >= 4 is 34.0 Å². The average molecular weight is 385 g/mol. The monoisotopic (exact) mass is 384 g/mol. The smallest absolute Gasteiger partial charge is 0.258 e. The summed E-state index contributed by atoms with van der Waals surface area (Å²) in [5, 5.41) is 3.94. The number of amides is 1. The fourth-order valence-corrected chi connectivity index (χ4v) is 4.13. The van der Waals surface area contributed by atoms with Crippen molar-refractivity contribution < 1.29 is 4.79 Å². The quantitative estimate of drug-likeness (QED) is 0.605. The van der Waals surface area contributed by atoms with Gasteiger partial charge in [-0.05, 0) is 17.7 Å². The number of halogens is 1. The van der Waals surface area contributed by atoms with Gasteiger partial charge in [0.15, 0.2) is 5.13 Å². The number of carbonyl (C=O) groups excluding carboxylic acids is 1. The Labute approximate surface area is 163 Å². The third-order valence-corrected chi connectivity index (χ3v) is 5.25. The molecule has 2 aromatic carbocycles. The van der Waals surface area contributed by atoms with Crippen LogP contribution in [0, 0.1) is 0 Å². The summed E-state index contributed by atoms with van der Waals surface area (Å²) in [5.41, 5.74) is 2.59. The number of anilines is 1. The SMILES string of the molecule is CC(C)(C)c1nc(NC(=O)c2ccccc2Cl)sc1Cc1ccccc1. The van der Waals surface area contributed by atoms with E-state index in [-0.39, 0.29) is 11.3 Å². The predicted octanol–water partition coefficient (Wildman–Crippen LogP) is 5.94. The number of hydrogen-bond acceptors (Lipinski definition) is 3. The highest BCUT2D eigenvalue weighted by Crippen LogP contribution is 2.34. The number of aromatic nitrogens is 1. The number of hydrogen-bond donors (Lipinski definition) is 1. The van der Waals surface area contributed by atoms with Gasteiger partial charge in [-0.3, -0.25) is 10.1 Å². The molecule has 0 saturated carbocycles. The second-order valence-electron chi connectivity index (χ2n) is 7.14. The minimum absolute atomic E-state index is 0.103. The van der Waals surface area contributed by atoms with Gasteiger partial charge in [-0.2, -0.15) is 0 Å². The normalized spacial score (nSPS) is 11.4. The Bertz CT molecular complexity index is 913. The van der Waals surface area contributed by atoms with Gasteiger partial charge in [-0.1, -0.05) is 74.8 Å². The summed E-state index contributed by atoms with van der Waals surface area (Å²) in [6, 6.07) is 17.3. The summed E-state index contributed by atoms with van der Waals surface area (Å²) in [6.07, 6.45) is 0.799. The van der Waals surface area contributed by atoms with Crippen molar-refractivity contribution in [2.45, 2.75) is 32.6 Å². The molecule has 3 rings (SSSR count). The molecule has 3 nitrogen and oxygen atoms in total. The van der Waals surface area contributed by atoms with Crippen LogP contribution in [0.15, 0.2) is 54.6 Å². The Morgan fingerprint density at radius 3 is 2.38 bits per heavy atom. The molecule has 0 bridgehead atoms. The van der Waals surface area contributed by atoms with Crippen LogP contribution in [0.3, 0.4) is 0 Å². The van der Waals surface area contributed by atoms with Crippen LogP contribution in [0.5, 0.6) is 0 Å². The summed E-state index contributed by atoms with van der Waals surface area (Å²) in [5.74, 6) is -0.240. The molecule has 1 aromatic heterocycles. The van der Waals surface area contributed by atoms with Crippen LogP contribution in [0.4, 0.5) is 5.13 Å². The predicted molar refractivity (Wildman–Crippen MR) is 109 cm³/mol. The Hall–Kier alpha value is -2.17. The Morgan fingerprint density at radius 1 is 1.08 bits per heavy atom. The average Bonchev–Trinajstić information content (AvgIpc) is 2.98. The zero-order valence-corrected chi connectivity index (χ0v) is 16.6. The van der Waals surface area contributed by atoms with Gasteiger partial charge < -0.3 is 0 Å². The molecule has 3 aromatic rings. The van der Waals surface area contributed by atoms with Crippen LogP contribution in [-0.4, -0.2) is 10.9 Å². The van der Waals surface area contributed by atoms with Gasteiger partial charge in [0.2, 0.25) is 0 Å². The van der Waals surface area contributed by atoms with Gasteiger partial charge in [0.25, 0.3) is 5.91 Å². The maximum atomic E-state index is 12.5. The van der Waals surface area contributed by atoms with Crippen LogP contribution in [0.2, 0.25) is 5.02 Å². The van der Waals surface area contributed by atoms with Crippen LogP contribution in [-0.2, 0) is 11.8 Å². The minimum Gasteiger partial charge on any atom is -0.298 e. The molecule has 0 aliphatic rings. The van der Waals surface area contributed by atoms with E-state index in [1.807, 2.05) is 18.2 Å². The van der Waals surface area contributed by atoms with Crippen LogP contribution >= 0.6 is 22.9 Å². The highest BCUT2D eigenvalue weighted by Gasteiger charge is 2.24. The van der Waals surface area contributed by atoms with Gasteiger partial charge in [0, 0.05) is 16.7 Å². The van der Waals surface area contributed by atoms with E-state index < -0.39 is 0 Å². The van der Waals surface area contributed by atoms with Crippen molar-refractivity contribution in [1.82, 2.24) is 4.98 Å². The van der Waals surface area contributed by atoms with Crippen LogP contribution < -0.4 is 5.32 Å². The van der Waals surface area contributed by atoms with E-state index in [2.05, 4.69) is 38.2 Å². The van der Waals surface area contributed by atoms with Crippen molar-refractivity contribution in [3.8, 4) is 0 Å². The van der Waals surface area contributed by atoms with Crippen LogP contribution in [0.1, 0.15) is 47.3 Å². The van der Waals surface area contributed by atoms with E-state index >= 15 is 0 Å². The molecule has 0 radical (unpaired) electrons. The molecule has 1 heterocycles. The number of thiazole rings is 1. The van der Waals surface area contributed by atoms with E-state index in [0.717, 1.165) is 17.0 Å². The number of carbonyl (C=O) groups is 1. The molecule has 134 valence electrons. The number of benzene rings is 2. The maximum Gasteiger partial charge on any atom is 0.258 e. The van der Waals surface area contributed by atoms with Crippen molar-refractivity contribution in [2.24, 2.45) is 0 Å². The zero-order chi connectivity index (χ0) is 18.7. The van der Waals surface area contributed by atoms with Gasteiger partial charge in [-0.15, -0.1) is 11.3 Å². The molecule has 0 aliphatic heterocycles. The Kier molecular flexibility index (Phi) is 5.44. The molecule has 0 spiro atoms. The van der Waals surface area contributed by atoms with Gasteiger partial charge in [-0.25, -0.2) is 4.98 Å². The highest BCUT2D eigenvalue weighted by molar-refractivity contribution is 7.16. The fraction of sp³-hybridized carbons (Fsp3) is 0.238. The summed E-state index contributed by atoms with van der Waals surface area (Å²) in [4.78, 5) is 18.4. The van der Waals surface area contributed by atoms with Gasteiger partial charge in [0.1, 0.15) is 0 Å². The molecular weight excluding hydrogens is 364 g/mol. The molecule has 1 N–H and O–H groups in total. The molecular formula is C21H21ClN2OS. The van der Waals surface area contributed by atoms with Crippen molar-refractivity contribution in [3.63, 3.8) is 0 Å². The lowest BCUT2D eigenvalue weighted by Gasteiger charge is -2.17. The van der Waals surface area contributed by atoms with Crippen LogP contribution in [0.25, 0.3) is 0 Å². The van der Waals surface area contributed by atoms with E-state index in [0.29, 0.717) is 15.7 Å². The summed E-state index contributed by atoms with van der Waals surface area (Å²) in [7, 11) is 0. The minimum atomic E-state index is -0.240. The van der Waals surface area contributed by atoms with E-state index in [9.17, 15) is 4.79 Å². The molecule has 0 atom stereocenters. The van der Waals surface area contributed by atoms with E-state index in [4.69, 9.17) is 16.6 Å². The molecule has 0 unspecified atom stereocenters. The van der Waals surface area contributed by atoms with Gasteiger partial charge in [0.05, 0.1) is 16.3 Å². The molecule has 1 amide bonds. The first-order valence-corrected chi connectivity index (χ1v) is 9.64. The zero-order valence-electron chi connectivity index (χ0n) is 15.0.